The Morgan fingerprint density at radius 3 is 2.40 bits per heavy atom. The summed E-state index contributed by atoms with van der Waals surface area (Å²) in [7, 11) is 0. The first-order valence-electron chi connectivity index (χ1n) is 6.01. The van der Waals surface area contributed by atoms with E-state index >= 15 is 0 Å². The lowest BCUT2D eigenvalue weighted by molar-refractivity contribution is 0.314. The normalized spacial score (nSPS) is 10.2. The lowest BCUT2D eigenvalue weighted by Crippen LogP contribution is -2.11. The molecule has 2 rings (SSSR count). The number of ether oxygens (including phenoxy) is 2. The summed E-state index contributed by atoms with van der Waals surface area (Å²) in [6, 6.07) is 11.4. The highest BCUT2D eigenvalue weighted by Gasteiger charge is 2.18. The zero-order valence-corrected chi connectivity index (χ0v) is 11.5. The quantitative estimate of drug-likeness (QED) is 0.790. The van der Waals surface area contributed by atoms with Gasteiger partial charge in [0, 0.05) is 0 Å². The second-order valence-electron chi connectivity index (χ2n) is 3.87. The zero-order valence-electron chi connectivity index (χ0n) is 10.7. The maximum atomic E-state index is 13.9. The first-order chi connectivity index (χ1) is 9.63. The maximum absolute atomic E-state index is 13.9. The lowest BCUT2D eigenvalue weighted by atomic mass is 10.2. The Labute approximate surface area is 121 Å². The van der Waals surface area contributed by atoms with Crippen molar-refractivity contribution in [3.05, 3.63) is 59.7 Å². The molecule has 104 valence electrons. The Morgan fingerprint density at radius 2 is 1.75 bits per heavy atom. The van der Waals surface area contributed by atoms with Gasteiger partial charge in [0.1, 0.15) is 5.75 Å². The predicted molar refractivity (Wildman–Crippen MR) is 76.3 cm³/mol. The largest absolute Gasteiger partial charge is 0.491 e. The van der Waals surface area contributed by atoms with Crippen molar-refractivity contribution in [3.8, 4) is 11.5 Å². The summed E-state index contributed by atoms with van der Waals surface area (Å²) in [5.74, 6) is -1.82. The van der Waals surface area contributed by atoms with Gasteiger partial charge >= 0.3 is 0 Å². The minimum Gasteiger partial charge on any atom is -0.491 e. The topological polar surface area (TPSA) is 18.5 Å². The molecule has 2 aromatic carbocycles. The lowest BCUT2D eigenvalue weighted by Gasteiger charge is -2.10. The Balaban J connectivity index is 2.25. The van der Waals surface area contributed by atoms with Crippen LogP contribution in [0, 0.1) is 11.6 Å². The van der Waals surface area contributed by atoms with E-state index in [0.29, 0.717) is 5.75 Å². The molecule has 0 spiro atoms. The number of hydrogen-bond donors (Lipinski definition) is 0. The van der Waals surface area contributed by atoms with Crippen LogP contribution in [-0.2, 0) is 0 Å². The van der Waals surface area contributed by atoms with Gasteiger partial charge in [-0.15, -0.1) is 0 Å². The van der Waals surface area contributed by atoms with E-state index in [-0.39, 0.29) is 23.0 Å². The third-order valence-electron chi connectivity index (χ3n) is 2.52. The van der Waals surface area contributed by atoms with E-state index in [1.807, 2.05) is 6.07 Å². The third kappa shape index (κ3) is 3.11. The minimum atomic E-state index is -1.07. The van der Waals surface area contributed by atoms with Gasteiger partial charge in [-0.3, -0.25) is 0 Å². The van der Waals surface area contributed by atoms with Crippen molar-refractivity contribution in [1.82, 2.24) is 0 Å². The Morgan fingerprint density at radius 1 is 1.05 bits per heavy atom. The van der Waals surface area contributed by atoms with E-state index in [0.717, 1.165) is 0 Å². The Bertz CT molecular complexity index is 615. The fraction of sp³-hybridized carbons (Fsp3) is 0.133. The smallest absolute Gasteiger partial charge is 0.201 e. The first kappa shape index (κ1) is 14.4. The van der Waals surface area contributed by atoms with Crippen molar-refractivity contribution in [1.29, 1.82) is 0 Å². The number of rotatable bonds is 4. The molecule has 2 aromatic rings. The van der Waals surface area contributed by atoms with Gasteiger partial charge in [-0.05, 0) is 43.4 Å². The van der Waals surface area contributed by atoms with Crippen molar-refractivity contribution < 1.29 is 18.3 Å². The molecule has 0 saturated carbocycles. The molecule has 0 aliphatic heterocycles. The van der Waals surface area contributed by atoms with Crippen molar-refractivity contribution >= 4 is 17.3 Å². The van der Waals surface area contributed by atoms with Crippen LogP contribution in [0.4, 0.5) is 8.78 Å². The standard InChI is InChI=1S/C15H12F2O2S/c1-2-18-12-9-8-11(13(16)14(12)17)15(20)19-10-6-4-3-5-7-10/h3-9H,2H2,1H3. The van der Waals surface area contributed by atoms with Gasteiger partial charge in [-0.1, -0.05) is 18.2 Å². The van der Waals surface area contributed by atoms with E-state index in [4.69, 9.17) is 21.7 Å². The van der Waals surface area contributed by atoms with Gasteiger partial charge in [0.2, 0.25) is 10.9 Å². The zero-order chi connectivity index (χ0) is 14.5. The minimum absolute atomic E-state index is 0.107. The van der Waals surface area contributed by atoms with E-state index in [2.05, 4.69) is 0 Å². The molecule has 0 saturated heterocycles. The van der Waals surface area contributed by atoms with E-state index < -0.39 is 11.6 Å². The molecule has 0 aliphatic carbocycles. The molecule has 0 atom stereocenters. The molecule has 0 aliphatic rings. The van der Waals surface area contributed by atoms with E-state index in [1.165, 1.54) is 12.1 Å². The number of para-hydroxylation sites is 1. The fourth-order valence-electron chi connectivity index (χ4n) is 1.61. The average Bonchev–Trinajstić information content (AvgIpc) is 2.45. The summed E-state index contributed by atoms with van der Waals surface area (Å²) in [4.78, 5) is 0. The van der Waals surface area contributed by atoms with Crippen LogP contribution < -0.4 is 9.47 Å². The molecule has 0 amide bonds. The van der Waals surface area contributed by atoms with Crippen LogP contribution >= 0.6 is 12.2 Å². The van der Waals surface area contributed by atoms with Crippen LogP contribution in [-0.4, -0.2) is 11.7 Å². The van der Waals surface area contributed by atoms with Gasteiger partial charge in [0.15, 0.2) is 11.6 Å². The molecule has 0 N–H and O–H groups in total. The third-order valence-corrected chi connectivity index (χ3v) is 2.82. The van der Waals surface area contributed by atoms with Crippen molar-refractivity contribution in [2.24, 2.45) is 0 Å². The van der Waals surface area contributed by atoms with Crippen molar-refractivity contribution in [2.45, 2.75) is 6.92 Å². The van der Waals surface area contributed by atoms with Crippen molar-refractivity contribution in [3.63, 3.8) is 0 Å². The van der Waals surface area contributed by atoms with Crippen LogP contribution in [0.5, 0.6) is 11.5 Å². The number of hydrogen-bond acceptors (Lipinski definition) is 3. The second-order valence-corrected chi connectivity index (χ2v) is 4.25. The summed E-state index contributed by atoms with van der Waals surface area (Å²) in [5.41, 5.74) is -0.107. The molecule has 0 fully saturated rings. The Hall–Kier alpha value is -2.01. The summed E-state index contributed by atoms with van der Waals surface area (Å²) in [6.45, 7) is 1.94. The van der Waals surface area contributed by atoms with Gasteiger partial charge in [-0.25, -0.2) is 4.39 Å². The molecule has 0 heterocycles. The van der Waals surface area contributed by atoms with Crippen LogP contribution in [0.1, 0.15) is 12.5 Å². The molecule has 20 heavy (non-hydrogen) atoms. The fourth-order valence-corrected chi connectivity index (χ4v) is 1.86. The monoisotopic (exact) mass is 294 g/mol. The molecule has 0 unspecified atom stereocenters. The number of halogens is 2. The summed E-state index contributed by atoms with van der Waals surface area (Å²) in [6.07, 6.45) is 0. The van der Waals surface area contributed by atoms with Gasteiger partial charge < -0.3 is 9.47 Å². The molecule has 0 bridgehead atoms. The highest BCUT2D eigenvalue weighted by molar-refractivity contribution is 7.80. The molecule has 0 aromatic heterocycles. The predicted octanol–water partition coefficient (Wildman–Crippen LogP) is 4.12. The molecule has 2 nitrogen and oxygen atoms in total. The van der Waals surface area contributed by atoms with Crippen LogP contribution in [0.15, 0.2) is 42.5 Å². The number of benzene rings is 2. The molecule has 0 radical (unpaired) electrons. The van der Waals surface area contributed by atoms with E-state index in [9.17, 15) is 8.78 Å². The molecule has 5 heteroatoms. The van der Waals surface area contributed by atoms with Crippen LogP contribution in [0.25, 0.3) is 0 Å². The highest BCUT2D eigenvalue weighted by Crippen LogP contribution is 2.24. The van der Waals surface area contributed by atoms with Gasteiger partial charge in [-0.2, -0.15) is 4.39 Å². The van der Waals surface area contributed by atoms with Crippen LogP contribution in [0.2, 0.25) is 0 Å². The SMILES string of the molecule is CCOc1ccc(C(=S)Oc2ccccc2)c(F)c1F. The number of thiocarbonyl (C=S) groups is 1. The maximum Gasteiger partial charge on any atom is 0.201 e. The van der Waals surface area contributed by atoms with E-state index in [1.54, 1.807) is 31.2 Å². The van der Waals surface area contributed by atoms with Gasteiger partial charge in [0.05, 0.1) is 12.2 Å². The summed E-state index contributed by atoms with van der Waals surface area (Å²) >= 11 is 4.99. The molecular weight excluding hydrogens is 282 g/mol. The summed E-state index contributed by atoms with van der Waals surface area (Å²) < 4.78 is 37.9. The van der Waals surface area contributed by atoms with Crippen LogP contribution in [0.3, 0.4) is 0 Å². The summed E-state index contributed by atoms with van der Waals surface area (Å²) in [5, 5.41) is -0.129. The van der Waals surface area contributed by atoms with Crippen molar-refractivity contribution in [2.75, 3.05) is 6.61 Å². The van der Waals surface area contributed by atoms with Gasteiger partial charge in [0.25, 0.3) is 0 Å². The highest BCUT2D eigenvalue weighted by atomic mass is 32.1. The Kier molecular flexibility index (Phi) is 4.63. The molecular formula is C15H12F2O2S. The average molecular weight is 294 g/mol. The second kappa shape index (κ2) is 6.43. The first-order valence-corrected chi connectivity index (χ1v) is 6.42.